The Labute approximate surface area is 151 Å². The van der Waals surface area contributed by atoms with E-state index < -0.39 is 12.0 Å². The van der Waals surface area contributed by atoms with Gasteiger partial charge in [-0.2, -0.15) is 0 Å². The first kappa shape index (κ1) is 17.5. The second-order valence-electron chi connectivity index (χ2n) is 5.86. The normalized spacial score (nSPS) is 11.8. The number of nitrogens with zero attached hydrogens (tertiary/aromatic N) is 1. The Hall–Kier alpha value is -3.28. The second kappa shape index (κ2) is 7.31. The average molecular weight is 352 g/mol. The van der Waals surface area contributed by atoms with Crippen LogP contribution in [0.15, 0.2) is 54.7 Å². The number of hydrogen-bond acceptors (Lipinski definition) is 4. The smallest absolute Gasteiger partial charge is 0.340 e. The summed E-state index contributed by atoms with van der Waals surface area (Å²) in [4.78, 5) is 24.8. The molecule has 6 heteroatoms. The van der Waals surface area contributed by atoms with Crippen molar-refractivity contribution in [1.82, 2.24) is 4.57 Å². The zero-order valence-corrected chi connectivity index (χ0v) is 14.9. The molecule has 0 bridgehead atoms. The molecule has 3 aromatic rings. The highest BCUT2D eigenvalue weighted by atomic mass is 16.5. The summed E-state index contributed by atoms with van der Waals surface area (Å²) in [6, 6.07) is 14.1. The lowest BCUT2D eigenvalue weighted by Crippen LogP contribution is -2.23. The number of nitrogens with one attached hydrogen (secondary N) is 1. The Bertz CT molecular complexity index is 961. The van der Waals surface area contributed by atoms with Gasteiger partial charge in [0, 0.05) is 28.9 Å². The van der Waals surface area contributed by atoms with E-state index in [0.29, 0.717) is 17.0 Å². The summed E-state index contributed by atoms with van der Waals surface area (Å²) in [6.45, 7) is 1.78. The van der Waals surface area contributed by atoms with Gasteiger partial charge in [-0.25, -0.2) is 4.79 Å². The molecule has 0 aliphatic heterocycles. The van der Waals surface area contributed by atoms with Gasteiger partial charge in [0.1, 0.15) is 11.8 Å². The van der Waals surface area contributed by atoms with Crippen molar-refractivity contribution in [2.45, 2.75) is 13.0 Å². The zero-order chi connectivity index (χ0) is 18.7. The zero-order valence-electron chi connectivity index (χ0n) is 14.9. The van der Waals surface area contributed by atoms with Crippen molar-refractivity contribution in [1.29, 1.82) is 0 Å². The summed E-state index contributed by atoms with van der Waals surface area (Å²) < 4.78 is 11.8. The summed E-state index contributed by atoms with van der Waals surface area (Å²) in [5.41, 5.74) is 1.87. The first-order valence-electron chi connectivity index (χ1n) is 8.18. The predicted octanol–water partition coefficient (Wildman–Crippen LogP) is 3.64. The number of para-hydroxylation sites is 1. The minimum atomic E-state index is -0.524. The summed E-state index contributed by atoms with van der Waals surface area (Å²) >= 11 is 0. The third-order valence-electron chi connectivity index (χ3n) is 4.28. The minimum Gasteiger partial charge on any atom is -0.497 e. The standard InChI is InChI=1S/C20H20N2O4/c1-13(19(23)21-14-7-6-8-15(11-14)25-2)22-12-17(20(24)26-3)16-9-4-5-10-18(16)22/h4-13H,1-3H3,(H,21,23)/t13-/m1/s1. The molecule has 3 rings (SSSR count). The van der Waals surface area contributed by atoms with E-state index in [-0.39, 0.29) is 5.91 Å². The van der Waals surface area contributed by atoms with Crippen LogP contribution in [0.1, 0.15) is 23.3 Å². The number of aromatic nitrogens is 1. The number of hydrogen-bond donors (Lipinski definition) is 1. The van der Waals surface area contributed by atoms with Crippen LogP contribution in [0.25, 0.3) is 10.9 Å². The minimum absolute atomic E-state index is 0.199. The van der Waals surface area contributed by atoms with E-state index in [1.165, 1.54) is 7.11 Å². The number of rotatable bonds is 5. The van der Waals surface area contributed by atoms with Gasteiger partial charge in [-0.3, -0.25) is 4.79 Å². The molecule has 2 aromatic carbocycles. The molecule has 6 nitrogen and oxygen atoms in total. The molecule has 26 heavy (non-hydrogen) atoms. The predicted molar refractivity (Wildman–Crippen MR) is 99.6 cm³/mol. The Morgan fingerprint density at radius 1 is 1.08 bits per heavy atom. The Kier molecular flexibility index (Phi) is 4.93. The van der Waals surface area contributed by atoms with Crippen molar-refractivity contribution in [3.8, 4) is 5.75 Å². The van der Waals surface area contributed by atoms with Gasteiger partial charge in [0.05, 0.1) is 19.8 Å². The van der Waals surface area contributed by atoms with E-state index >= 15 is 0 Å². The van der Waals surface area contributed by atoms with Crippen LogP contribution in [0, 0.1) is 0 Å². The molecule has 1 heterocycles. The van der Waals surface area contributed by atoms with Gasteiger partial charge in [-0.1, -0.05) is 24.3 Å². The number of carbonyl (C=O) groups is 2. The van der Waals surface area contributed by atoms with Crippen molar-refractivity contribution in [3.05, 3.63) is 60.3 Å². The number of carbonyl (C=O) groups excluding carboxylic acids is 2. The molecule has 1 atom stereocenters. The molecule has 0 fully saturated rings. The average Bonchev–Trinajstić information content (AvgIpc) is 3.06. The van der Waals surface area contributed by atoms with Gasteiger partial charge in [-0.05, 0) is 25.1 Å². The summed E-state index contributed by atoms with van der Waals surface area (Å²) in [7, 11) is 2.91. The van der Waals surface area contributed by atoms with Crippen LogP contribution in [-0.4, -0.2) is 30.7 Å². The lowest BCUT2D eigenvalue weighted by molar-refractivity contribution is -0.118. The van der Waals surface area contributed by atoms with Crippen LogP contribution in [-0.2, 0) is 9.53 Å². The fourth-order valence-corrected chi connectivity index (χ4v) is 2.87. The van der Waals surface area contributed by atoms with Crippen LogP contribution in [0.4, 0.5) is 5.69 Å². The van der Waals surface area contributed by atoms with Crippen LogP contribution < -0.4 is 10.1 Å². The number of anilines is 1. The maximum absolute atomic E-state index is 12.7. The highest BCUT2D eigenvalue weighted by Gasteiger charge is 2.22. The van der Waals surface area contributed by atoms with Crippen molar-refractivity contribution in [3.63, 3.8) is 0 Å². The summed E-state index contributed by atoms with van der Waals surface area (Å²) in [5.74, 6) is 0.0330. The van der Waals surface area contributed by atoms with E-state index in [1.54, 1.807) is 49.1 Å². The fourth-order valence-electron chi connectivity index (χ4n) is 2.87. The van der Waals surface area contributed by atoms with Gasteiger partial charge >= 0.3 is 5.97 Å². The highest BCUT2D eigenvalue weighted by Crippen LogP contribution is 2.26. The van der Waals surface area contributed by atoms with E-state index in [0.717, 1.165) is 10.9 Å². The lowest BCUT2D eigenvalue weighted by atomic mass is 10.2. The third kappa shape index (κ3) is 3.26. The number of ether oxygens (including phenoxy) is 2. The van der Waals surface area contributed by atoms with Gasteiger partial charge in [0.2, 0.25) is 5.91 Å². The maximum Gasteiger partial charge on any atom is 0.340 e. The monoisotopic (exact) mass is 352 g/mol. The van der Waals surface area contributed by atoms with Gasteiger partial charge in [-0.15, -0.1) is 0 Å². The first-order chi connectivity index (χ1) is 12.5. The summed E-state index contributed by atoms with van der Waals surface area (Å²) in [6.07, 6.45) is 1.66. The van der Waals surface area contributed by atoms with Crippen LogP contribution in [0.2, 0.25) is 0 Å². The molecule has 0 saturated heterocycles. The third-order valence-corrected chi connectivity index (χ3v) is 4.28. The molecular weight excluding hydrogens is 332 g/mol. The van der Waals surface area contributed by atoms with E-state index in [4.69, 9.17) is 9.47 Å². The van der Waals surface area contributed by atoms with E-state index in [9.17, 15) is 9.59 Å². The molecule has 0 aliphatic rings. The number of methoxy groups -OCH3 is 2. The molecule has 0 aliphatic carbocycles. The number of benzene rings is 2. The SMILES string of the molecule is COC(=O)c1cn([C@H](C)C(=O)Nc2cccc(OC)c2)c2ccccc12. The lowest BCUT2D eigenvalue weighted by Gasteiger charge is -2.15. The van der Waals surface area contributed by atoms with Gasteiger partial charge in [0.15, 0.2) is 0 Å². The number of amides is 1. The van der Waals surface area contributed by atoms with Crippen LogP contribution >= 0.6 is 0 Å². The molecule has 0 radical (unpaired) electrons. The Morgan fingerprint density at radius 2 is 1.85 bits per heavy atom. The molecule has 1 aromatic heterocycles. The first-order valence-corrected chi connectivity index (χ1v) is 8.18. The van der Waals surface area contributed by atoms with Crippen molar-refractivity contribution in [2.24, 2.45) is 0 Å². The number of fused-ring (bicyclic) bond motifs is 1. The van der Waals surface area contributed by atoms with Crippen molar-refractivity contribution in [2.75, 3.05) is 19.5 Å². The molecule has 0 saturated carbocycles. The summed E-state index contributed by atoms with van der Waals surface area (Å²) in [5, 5.41) is 3.63. The Morgan fingerprint density at radius 3 is 2.58 bits per heavy atom. The second-order valence-corrected chi connectivity index (χ2v) is 5.86. The Balaban J connectivity index is 1.92. The molecule has 1 amide bonds. The molecular formula is C20H20N2O4. The molecule has 0 spiro atoms. The topological polar surface area (TPSA) is 69.6 Å². The fraction of sp³-hybridized carbons (Fsp3) is 0.200. The van der Waals surface area contributed by atoms with Crippen LogP contribution in [0.5, 0.6) is 5.75 Å². The highest BCUT2D eigenvalue weighted by molar-refractivity contribution is 6.05. The van der Waals surface area contributed by atoms with Crippen molar-refractivity contribution >= 4 is 28.5 Å². The molecule has 1 N–H and O–H groups in total. The van der Waals surface area contributed by atoms with E-state index in [2.05, 4.69) is 5.32 Å². The van der Waals surface area contributed by atoms with Crippen molar-refractivity contribution < 1.29 is 19.1 Å². The quantitative estimate of drug-likeness (QED) is 0.712. The van der Waals surface area contributed by atoms with E-state index in [1.807, 2.05) is 24.3 Å². The largest absolute Gasteiger partial charge is 0.497 e. The molecule has 134 valence electrons. The van der Waals surface area contributed by atoms with Crippen LogP contribution in [0.3, 0.4) is 0 Å². The molecule has 0 unspecified atom stereocenters. The van der Waals surface area contributed by atoms with Gasteiger partial charge < -0.3 is 19.4 Å². The maximum atomic E-state index is 12.7. The van der Waals surface area contributed by atoms with Gasteiger partial charge in [0.25, 0.3) is 0 Å². The number of esters is 1.